The molecule has 0 unspecified atom stereocenters. The van der Waals surface area contributed by atoms with Crippen LogP contribution in [0.2, 0.25) is 10.0 Å². The minimum atomic E-state index is -0.398. The minimum absolute atomic E-state index is 0.215. The van der Waals surface area contributed by atoms with Gasteiger partial charge in [0.1, 0.15) is 11.4 Å². The van der Waals surface area contributed by atoms with Crippen LogP contribution < -0.4 is 10.1 Å². The van der Waals surface area contributed by atoms with E-state index >= 15 is 0 Å². The van der Waals surface area contributed by atoms with Crippen LogP contribution in [0, 0.1) is 6.92 Å². The maximum absolute atomic E-state index is 11.6. The van der Waals surface area contributed by atoms with E-state index < -0.39 is 5.91 Å². The molecule has 0 radical (unpaired) electrons. The van der Waals surface area contributed by atoms with E-state index in [1.54, 1.807) is 19.1 Å². The molecule has 0 aliphatic rings. The predicted molar refractivity (Wildman–Crippen MR) is 69.6 cm³/mol. The number of amides is 1. The van der Waals surface area contributed by atoms with Crippen molar-refractivity contribution < 1.29 is 14.2 Å². The van der Waals surface area contributed by atoms with Crippen LogP contribution in [-0.4, -0.2) is 22.8 Å². The van der Waals surface area contributed by atoms with Crippen molar-refractivity contribution in [1.82, 2.24) is 10.3 Å². The molecule has 2 aromatic rings. The van der Waals surface area contributed by atoms with Crippen molar-refractivity contribution in [2.75, 3.05) is 11.9 Å². The molecule has 0 saturated heterocycles. The first-order chi connectivity index (χ1) is 9.06. The van der Waals surface area contributed by atoms with Gasteiger partial charge in [0.15, 0.2) is 12.4 Å². The molecule has 0 aliphatic heterocycles. The smallest absolute Gasteiger partial charge is 0.263 e. The number of anilines is 1. The molecule has 100 valence electrons. The van der Waals surface area contributed by atoms with E-state index in [2.05, 4.69) is 20.3 Å². The fourth-order valence-corrected chi connectivity index (χ4v) is 1.71. The number of carbonyl (C=O) groups is 1. The third kappa shape index (κ3) is 3.59. The van der Waals surface area contributed by atoms with Gasteiger partial charge in [-0.2, -0.15) is 0 Å². The zero-order valence-electron chi connectivity index (χ0n) is 9.81. The van der Waals surface area contributed by atoms with Crippen LogP contribution in [0.25, 0.3) is 0 Å². The molecule has 0 spiro atoms. The van der Waals surface area contributed by atoms with E-state index in [4.69, 9.17) is 27.9 Å². The Hall–Kier alpha value is -1.79. The Morgan fingerprint density at radius 1 is 1.42 bits per heavy atom. The Morgan fingerprint density at radius 3 is 2.84 bits per heavy atom. The summed E-state index contributed by atoms with van der Waals surface area (Å²) >= 11 is 11.6. The SMILES string of the molecule is Cc1nonc1NC(=O)COc1ccc(Cl)cc1Cl. The quantitative estimate of drug-likeness (QED) is 0.939. The van der Waals surface area contributed by atoms with Gasteiger partial charge < -0.3 is 10.1 Å². The van der Waals surface area contributed by atoms with Gasteiger partial charge in [0, 0.05) is 5.02 Å². The van der Waals surface area contributed by atoms with Gasteiger partial charge in [0.25, 0.3) is 5.91 Å². The summed E-state index contributed by atoms with van der Waals surface area (Å²) in [6.07, 6.45) is 0. The number of nitrogens with zero attached hydrogens (tertiary/aromatic N) is 2. The maximum Gasteiger partial charge on any atom is 0.263 e. The van der Waals surface area contributed by atoms with Gasteiger partial charge in [-0.05, 0) is 30.3 Å². The largest absolute Gasteiger partial charge is 0.482 e. The van der Waals surface area contributed by atoms with E-state index in [1.165, 1.54) is 6.07 Å². The van der Waals surface area contributed by atoms with Crippen molar-refractivity contribution in [3.05, 3.63) is 33.9 Å². The molecular formula is C11H9Cl2N3O3. The van der Waals surface area contributed by atoms with Gasteiger partial charge >= 0.3 is 0 Å². The molecule has 0 atom stereocenters. The van der Waals surface area contributed by atoms with Crippen molar-refractivity contribution in [2.45, 2.75) is 6.92 Å². The van der Waals surface area contributed by atoms with Crippen LogP contribution in [0.1, 0.15) is 5.69 Å². The van der Waals surface area contributed by atoms with Crippen LogP contribution in [-0.2, 0) is 4.79 Å². The van der Waals surface area contributed by atoms with E-state index in [1.807, 2.05) is 0 Å². The minimum Gasteiger partial charge on any atom is -0.482 e. The number of nitrogens with one attached hydrogen (secondary N) is 1. The lowest BCUT2D eigenvalue weighted by molar-refractivity contribution is -0.118. The monoisotopic (exact) mass is 301 g/mol. The number of rotatable bonds is 4. The van der Waals surface area contributed by atoms with Gasteiger partial charge in [0.05, 0.1) is 5.02 Å². The van der Waals surface area contributed by atoms with Crippen LogP contribution >= 0.6 is 23.2 Å². The van der Waals surface area contributed by atoms with Crippen molar-refractivity contribution >= 4 is 34.9 Å². The topological polar surface area (TPSA) is 77.3 Å². The Morgan fingerprint density at radius 2 is 2.21 bits per heavy atom. The van der Waals surface area contributed by atoms with Gasteiger partial charge in [-0.1, -0.05) is 28.4 Å². The zero-order chi connectivity index (χ0) is 13.8. The van der Waals surface area contributed by atoms with Gasteiger partial charge in [-0.15, -0.1) is 0 Å². The fourth-order valence-electron chi connectivity index (χ4n) is 1.25. The normalized spacial score (nSPS) is 10.3. The summed E-state index contributed by atoms with van der Waals surface area (Å²) in [4.78, 5) is 11.6. The Kier molecular flexibility index (Phi) is 4.24. The molecule has 1 aromatic heterocycles. The standard InChI is InChI=1S/C11H9Cl2N3O3/c1-6-11(16-19-15-6)14-10(17)5-18-9-3-2-7(12)4-8(9)13/h2-4H,5H2,1H3,(H,14,16,17). The van der Waals surface area contributed by atoms with Gasteiger partial charge in [0.2, 0.25) is 0 Å². The van der Waals surface area contributed by atoms with E-state index in [0.29, 0.717) is 21.5 Å². The number of carbonyl (C=O) groups excluding carboxylic acids is 1. The van der Waals surface area contributed by atoms with Gasteiger partial charge in [-0.25, -0.2) is 4.63 Å². The summed E-state index contributed by atoms with van der Waals surface area (Å²) < 4.78 is 9.71. The first kappa shape index (κ1) is 13.6. The molecule has 1 heterocycles. The number of halogens is 2. The Balaban J connectivity index is 1.92. The lowest BCUT2D eigenvalue weighted by Gasteiger charge is -2.07. The Bertz CT molecular complexity index is 601. The second-order valence-electron chi connectivity index (χ2n) is 3.61. The molecule has 0 fully saturated rings. The highest BCUT2D eigenvalue weighted by molar-refractivity contribution is 6.35. The van der Waals surface area contributed by atoms with Crippen LogP contribution in [0.15, 0.2) is 22.8 Å². The first-order valence-electron chi connectivity index (χ1n) is 5.23. The highest BCUT2D eigenvalue weighted by Crippen LogP contribution is 2.27. The molecule has 1 aromatic carbocycles. The van der Waals surface area contributed by atoms with Crippen molar-refractivity contribution in [3.63, 3.8) is 0 Å². The number of benzene rings is 1. The van der Waals surface area contributed by atoms with E-state index in [9.17, 15) is 4.79 Å². The molecule has 8 heteroatoms. The van der Waals surface area contributed by atoms with Crippen LogP contribution in [0.4, 0.5) is 5.82 Å². The number of ether oxygens (including phenoxy) is 1. The molecule has 2 rings (SSSR count). The lowest BCUT2D eigenvalue weighted by atomic mass is 10.3. The third-order valence-electron chi connectivity index (χ3n) is 2.16. The second kappa shape index (κ2) is 5.90. The Labute approximate surface area is 118 Å². The van der Waals surface area contributed by atoms with E-state index in [0.717, 1.165) is 0 Å². The van der Waals surface area contributed by atoms with Crippen molar-refractivity contribution in [3.8, 4) is 5.75 Å². The summed E-state index contributed by atoms with van der Waals surface area (Å²) in [5, 5.41) is 10.4. The van der Waals surface area contributed by atoms with Crippen molar-refractivity contribution in [1.29, 1.82) is 0 Å². The molecular weight excluding hydrogens is 293 g/mol. The number of hydrogen-bond acceptors (Lipinski definition) is 5. The predicted octanol–water partition coefficient (Wildman–Crippen LogP) is 2.70. The molecule has 0 aliphatic carbocycles. The highest BCUT2D eigenvalue weighted by Gasteiger charge is 2.11. The maximum atomic E-state index is 11.6. The molecule has 0 saturated carbocycles. The number of hydrogen-bond donors (Lipinski definition) is 1. The van der Waals surface area contributed by atoms with Crippen LogP contribution in [0.5, 0.6) is 5.75 Å². The molecule has 1 N–H and O–H groups in total. The zero-order valence-corrected chi connectivity index (χ0v) is 11.3. The second-order valence-corrected chi connectivity index (χ2v) is 4.45. The number of aryl methyl sites for hydroxylation is 1. The van der Waals surface area contributed by atoms with E-state index in [-0.39, 0.29) is 12.4 Å². The summed E-state index contributed by atoms with van der Waals surface area (Å²) in [6, 6.07) is 4.73. The molecule has 0 bridgehead atoms. The fraction of sp³-hybridized carbons (Fsp3) is 0.182. The summed E-state index contributed by atoms with van der Waals surface area (Å²) in [5.74, 6) is 0.233. The molecule has 19 heavy (non-hydrogen) atoms. The van der Waals surface area contributed by atoms with Crippen LogP contribution in [0.3, 0.4) is 0 Å². The molecule has 6 nitrogen and oxygen atoms in total. The van der Waals surface area contributed by atoms with Gasteiger partial charge in [-0.3, -0.25) is 4.79 Å². The summed E-state index contributed by atoms with van der Waals surface area (Å²) in [6.45, 7) is 1.44. The van der Waals surface area contributed by atoms with Crippen molar-refractivity contribution in [2.24, 2.45) is 0 Å². The summed E-state index contributed by atoms with van der Waals surface area (Å²) in [7, 11) is 0. The lowest BCUT2D eigenvalue weighted by Crippen LogP contribution is -2.20. The molecule has 1 amide bonds. The summed E-state index contributed by atoms with van der Waals surface area (Å²) in [5.41, 5.74) is 0.484. The average molecular weight is 302 g/mol. The number of aromatic nitrogens is 2. The average Bonchev–Trinajstić information content (AvgIpc) is 2.74. The third-order valence-corrected chi connectivity index (χ3v) is 2.69. The highest BCUT2D eigenvalue weighted by atomic mass is 35.5. The first-order valence-corrected chi connectivity index (χ1v) is 5.98.